The molecule has 18 heavy (non-hydrogen) atoms. The molecule has 1 rings (SSSR count). The van der Waals surface area contributed by atoms with Crippen LogP contribution in [0.1, 0.15) is 48.0 Å². The van der Waals surface area contributed by atoms with Crippen LogP contribution in [0.3, 0.4) is 0 Å². The standard InChI is InChI=1S/C15H33N3/c1-8-13(11-16-14(2,3)4)18-10-9-17(7)15(5,6)12-18/h13,16H,8-12H2,1-7H3. The summed E-state index contributed by atoms with van der Waals surface area (Å²) in [5.74, 6) is 0. The third-order valence-electron chi connectivity index (χ3n) is 4.20. The Morgan fingerprint density at radius 2 is 1.83 bits per heavy atom. The average molecular weight is 255 g/mol. The zero-order valence-electron chi connectivity index (χ0n) is 13.5. The number of likely N-dealkylation sites (N-methyl/N-ethyl adjacent to an activating group) is 1. The molecule has 0 aromatic heterocycles. The van der Waals surface area contributed by atoms with E-state index < -0.39 is 0 Å². The van der Waals surface area contributed by atoms with Gasteiger partial charge in [-0.05, 0) is 48.1 Å². The molecule has 0 bridgehead atoms. The Morgan fingerprint density at radius 1 is 1.22 bits per heavy atom. The lowest BCUT2D eigenvalue weighted by Gasteiger charge is -2.48. The molecule has 0 amide bonds. The highest BCUT2D eigenvalue weighted by Gasteiger charge is 2.33. The number of hydrogen-bond acceptors (Lipinski definition) is 3. The van der Waals surface area contributed by atoms with E-state index in [-0.39, 0.29) is 5.54 Å². The summed E-state index contributed by atoms with van der Waals surface area (Å²) in [5, 5.41) is 3.65. The lowest BCUT2D eigenvalue weighted by molar-refractivity contribution is 0.0146. The molecule has 3 nitrogen and oxygen atoms in total. The molecule has 1 aliphatic heterocycles. The van der Waals surface area contributed by atoms with Gasteiger partial charge in [0.1, 0.15) is 0 Å². The van der Waals surface area contributed by atoms with E-state index >= 15 is 0 Å². The van der Waals surface area contributed by atoms with Crippen LogP contribution >= 0.6 is 0 Å². The predicted octanol–water partition coefficient (Wildman–Crippen LogP) is 2.18. The van der Waals surface area contributed by atoms with Crippen molar-refractivity contribution in [2.75, 3.05) is 33.2 Å². The Bertz CT molecular complexity index is 255. The van der Waals surface area contributed by atoms with Gasteiger partial charge in [-0.25, -0.2) is 0 Å². The summed E-state index contributed by atoms with van der Waals surface area (Å²) in [6.07, 6.45) is 1.23. The Kier molecular flexibility index (Phi) is 5.22. The van der Waals surface area contributed by atoms with E-state index in [1.54, 1.807) is 0 Å². The Hall–Kier alpha value is -0.120. The summed E-state index contributed by atoms with van der Waals surface area (Å²) >= 11 is 0. The molecule has 1 atom stereocenters. The average Bonchev–Trinajstić information content (AvgIpc) is 2.22. The van der Waals surface area contributed by atoms with E-state index in [0.29, 0.717) is 11.6 Å². The van der Waals surface area contributed by atoms with E-state index in [0.717, 1.165) is 6.54 Å². The molecule has 1 heterocycles. The van der Waals surface area contributed by atoms with Gasteiger partial charge in [-0.15, -0.1) is 0 Å². The lowest BCUT2D eigenvalue weighted by Crippen LogP contribution is -2.61. The highest BCUT2D eigenvalue weighted by atomic mass is 15.3. The minimum atomic E-state index is 0.218. The topological polar surface area (TPSA) is 18.5 Å². The van der Waals surface area contributed by atoms with Crippen LogP contribution in [-0.2, 0) is 0 Å². The van der Waals surface area contributed by atoms with Crippen LogP contribution in [0.5, 0.6) is 0 Å². The molecule has 0 saturated carbocycles. The third kappa shape index (κ3) is 4.52. The summed E-state index contributed by atoms with van der Waals surface area (Å²) in [6, 6.07) is 0.664. The number of nitrogens with one attached hydrogen (secondary N) is 1. The van der Waals surface area contributed by atoms with Crippen molar-refractivity contribution in [3.05, 3.63) is 0 Å². The van der Waals surface area contributed by atoms with Gasteiger partial charge in [0, 0.05) is 43.3 Å². The van der Waals surface area contributed by atoms with Gasteiger partial charge >= 0.3 is 0 Å². The smallest absolute Gasteiger partial charge is 0.0277 e. The summed E-state index contributed by atoms with van der Waals surface area (Å²) in [4.78, 5) is 5.14. The number of hydrogen-bond donors (Lipinski definition) is 1. The van der Waals surface area contributed by atoms with Crippen LogP contribution in [0.25, 0.3) is 0 Å². The fourth-order valence-corrected chi connectivity index (χ4v) is 2.55. The van der Waals surface area contributed by atoms with E-state index in [2.05, 4.69) is 63.7 Å². The van der Waals surface area contributed by atoms with Gasteiger partial charge in [0.2, 0.25) is 0 Å². The van der Waals surface area contributed by atoms with E-state index in [4.69, 9.17) is 0 Å². The van der Waals surface area contributed by atoms with Crippen molar-refractivity contribution in [1.29, 1.82) is 0 Å². The predicted molar refractivity (Wildman–Crippen MR) is 80.1 cm³/mol. The summed E-state index contributed by atoms with van der Waals surface area (Å²) in [6.45, 7) is 18.4. The van der Waals surface area contributed by atoms with E-state index in [1.165, 1.54) is 26.1 Å². The summed E-state index contributed by atoms with van der Waals surface area (Å²) in [5.41, 5.74) is 0.517. The van der Waals surface area contributed by atoms with Gasteiger partial charge in [-0.3, -0.25) is 9.80 Å². The van der Waals surface area contributed by atoms with Gasteiger partial charge < -0.3 is 5.32 Å². The van der Waals surface area contributed by atoms with E-state index in [1.807, 2.05) is 0 Å². The van der Waals surface area contributed by atoms with Crippen LogP contribution in [-0.4, -0.2) is 60.1 Å². The van der Waals surface area contributed by atoms with Crippen molar-refractivity contribution < 1.29 is 0 Å². The molecular weight excluding hydrogens is 222 g/mol. The molecule has 1 saturated heterocycles. The number of nitrogens with zero attached hydrogens (tertiary/aromatic N) is 2. The summed E-state index contributed by atoms with van der Waals surface area (Å²) < 4.78 is 0. The zero-order valence-corrected chi connectivity index (χ0v) is 13.5. The van der Waals surface area contributed by atoms with Crippen LogP contribution in [0.4, 0.5) is 0 Å². The zero-order chi connectivity index (χ0) is 14.0. The maximum Gasteiger partial charge on any atom is 0.0277 e. The molecule has 1 fully saturated rings. The highest BCUT2D eigenvalue weighted by Crippen LogP contribution is 2.21. The normalized spacial score (nSPS) is 24.2. The Morgan fingerprint density at radius 3 is 2.28 bits per heavy atom. The highest BCUT2D eigenvalue weighted by molar-refractivity contribution is 4.91. The lowest BCUT2D eigenvalue weighted by atomic mass is 9.97. The van der Waals surface area contributed by atoms with E-state index in [9.17, 15) is 0 Å². The maximum absolute atomic E-state index is 3.65. The first-order chi connectivity index (χ1) is 8.15. The number of piperazine rings is 1. The molecule has 0 spiro atoms. The second kappa shape index (κ2) is 5.89. The fraction of sp³-hybridized carbons (Fsp3) is 1.00. The first-order valence-electron chi connectivity index (χ1n) is 7.36. The molecule has 0 aromatic carbocycles. The third-order valence-corrected chi connectivity index (χ3v) is 4.20. The van der Waals surface area contributed by atoms with Crippen molar-refractivity contribution in [1.82, 2.24) is 15.1 Å². The van der Waals surface area contributed by atoms with Gasteiger partial charge in [0.25, 0.3) is 0 Å². The molecule has 1 unspecified atom stereocenters. The van der Waals surface area contributed by atoms with Crippen LogP contribution in [0.2, 0.25) is 0 Å². The monoisotopic (exact) mass is 255 g/mol. The van der Waals surface area contributed by atoms with Crippen LogP contribution < -0.4 is 5.32 Å². The van der Waals surface area contributed by atoms with Crippen molar-refractivity contribution in [2.24, 2.45) is 0 Å². The molecule has 1 aliphatic rings. The first-order valence-corrected chi connectivity index (χ1v) is 7.36. The minimum Gasteiger partial charge on any atom is -0.311 e. The van der Waals surface area contributed by atoms with Crippen LogP contribution in [0, 0.1) is 0 Å². The van der Waals surface area contributed by atoms with Gasteiger partial charge in [-0.1, -0.05) is 6.92 Å². The minimum absolute atomic E-state index is 0.218. The maximum atomic E-state index is 3.65. The number of rotatable bonds is 4. The molecule has 0 aromatic rings. The molecule has 3 heteroatoms. The van der Waals surface area contributed by atoms with Crippen molar-refractivity contribution in [2.45, 2.75) is 65.1 Å². The van der Waals surface area contributed by atoms with Crippen molar-refractivity contribution in [3.63, 3.8) is 0 Å². The van der Waals surface area contributed by atoms with Gasteiger partial charge in [0.15, 0.2) is 0 Å². The quantitative estimate of drug-likeness (QED) is 0.831. The second-order valence-corrected chi connectivity index (χ2v) is 7.40. The SMILES string of the molecule is CCC(CNC(C)(C)C)N1CCN(C)C(C)(C)C1. The molecular formula is C15H33N3. The second-order valence-electron chi connectivity index (χ2n) is 7.40. The van der Waals surface area contributed by atoms with Crippen molar-refractivity contribution >= 4 is 0 Å². The van der Waals surface area contributed by atoms with Gasteiger partial charge in [-0.2, -0.15) is 0 Å². The largest absolute Gasteiger partial charge is 0.311 e. The first kappa shape index (κ1) is 15.9. The Labute approximate surface area is 114 Å². The molecule has 1 N–H and O–H groups in total. The fourth-order valence-electron chi connectivity index (χ4n) is 2.55. The summed E-state index contributed by atoms with van der Waals surface area (Å²) in [7, 11) is 2.24. The van der Waals surface area contributed by atoms with Crippen molar-refractivity contribution in [3.8, 4) is 0 Å². The molecule has 108 valence electrons. The molecule has 0 radical (unpaired) electrons. The van der Waals surface area contributed by atoms with Crippen LogP contribution in [0.15, 0.2) is 0 Å². The molecule has 0 aliphatic carbocycles. The van der Waals surface area contributed by atoms with Gasteiger partial charge in [0.05, 0.1) is 0 Å². The Balaban J connectivity index is 2.56.